The van der Waals surface area contributed by atoms with Gasteiger partial charge in [0.1, 0.15) is 10.6 Å². The lowest BCUT2D eigenvalue weighted by Gasteiger charge is -2.06. The van der Waals surface area contributed by atoms with Crippen molar-refractivity contribution >= 4 is 21.6 Å². The van der Waals surface area contributed by atoms with Gasteiger partial charge in [-0.15, -0.1) is 11.3 Å². The highest BCUT2D eigenvalue weighted by Crippen LogP contribution is 2.23. The number of nitrogens with zero attached hydrogens (tertiary/aromatic N) is 1. The highest BCUT2D eigenvalue weighted by Gasteiger charge is 2.11. The van der Waals surface area contributed by atoms with Gasteiger partial charge in [0.15, 0.2) is 5.43 Å². The van der Waals surface area contributed by atoms with Gasteiger partial charge in [0.25, 0.3) is 0 Å². The van der Waals surface area contributed by atoms with Crippen molar-refractivity contribution in [1.29, 1.82) is 0 Å². The lowest BCUT2D eigenvalue weighted by Crippen LogP contribution is -2.12. The highest BCUT2D eigenvalue weighted by atomic mass is 32.1. The van der Waals surface area contributed by atoms with Gasteiger partial charge in [-0.05, 0) is 29.3 Å². The Hall–Kier alpha value is -3.16. The summed E-state index contributed by atoms with van der Waals surface area (Å²) < 4.78 is 15.1. The summed E-state index contributed by atoms with van der Waals surface area (Å²) in [4.78, 5) is 14.7. The van der Waals surface area contributed by atoms with Crippen LogP contribution >= 0.6 is 11.3 Å². The molecule has 0 spiro atoms. The SMILES string of the molecule is Cn1cc(Cc2ccc(F)cc2)c(=O)c2cc(C#CCc3ccccc3)sc21. The van der Waals surface area contributed by atoms with Gasteiger partial charge in [0.05, 0.1) is 10.3 Å². The number of halogens is 1. The van der Waals surface area contributed by atoms with Crippen molar-refractivity contribution in [3.05, 3.63) is 104 Å². The molecule has 0 radical (unpaired) electrons. The Labute approximate surface area is 166 Å². The smallest absolute Gasteiger partial charge is 0.193 e. The first-order valence-electron chi connectivity index (χ1n) is 8.99. The molecule has 0 aliphatic heterocycles. The molecule has 0 bridgehead atoms. The number of aromatic nitrogens is 1. The second-order valence-corrected chi connectivity index (χ2v) is 7.72. The fourth-order valence-corrected chi connectivity index (χ4v) is 4.14. The van der Waals surface area contributed by atoms with E-state index < -0.39 is 0 Å². The lowest BCUT2D eigenvalue weighted by atomic mass is 10.1. The van der Waals surface area contributed by atoms with Gasteiger partial charge >= 0.3 is 0 Å². The van der Waals surface area contributed by atoms with Crippen molar-refractivity contribution in [1.82, 2.24) is 4.57 Å². The molecular weight excluding hydrogens is 369 g/mol. The van der Waals surface area contributed by atoms with E-state index in [2.05, 4.69) is 24.0 Å². The first-order chi connectivity index (χ1) is 13.6. The van der Waals surface area contributed by atoms with Crippen molar-refractivity contribution < 1.29 is 4.39 Å². The fraction of sp³-hybridized carbons (Fsp3) is 0.125. The number of benzene rings is 2. The molecule has 0 saturated carbocycles. The minimum absolute atomic E-state index is 0.0183. The summed E-state index contributed by atoms with van der Waals surface area (Å²) in [6, 6.07) is 18.3. The van der Waals surface area contributed by atoms with Crippen LogP contribution in [-0.2, 0) is 19.9 Å². The number of hydrogen-bond acceptors (Lipinski definition) is 2. The van der Waals surface area contributed by atoms with Gasteiger partial charge < -0.3 is 4.57 Å². The zero-order valence-electron chi connectivity index (χ0n) is 15.4. The monoisotopic (exact) mass is 387 g/mol. The standard InChI is InChI=1S/C24H18FNOS/c1-26-16-19(14-18-10-12-20(25)13-11-18)23(27)22-15-21(28-24(22)26)9-5-8-17-6-3-2-4-7-17/h2-4,6-7,10-13,15-16H,8,14H2,1H3. The van der Waals surface area contributed by atoms with E-state index in [-0.39, 0.29) is 11.2 Å². The number of fused-ring (bicyclic) bond motifs is 1. The van der Waals surface area contributed by atoms with Gasteiger partial charge in [-0.1, -0.05) is 54.3 Å². The maximum atomic E-state index is 13.1. The van der Waals surface area contributed by atoms with Crippen LogP contribution in [0, 0.1) is 17.7 Å². The van der Waals surface area contributed by atoms with Crippen LogP contribution in [0.15, 0.2) is 71.7 Å². The predicted molar refractivity (Wildman–Crippen MR) is 113 cm³/mol. The van der Waals surface area contributed by atoms with Crippen LogP contribution in [-0.4, -0.2) is 4.57 Å². The van der Waals surface area contributed by atoms with Gasteiger partial charge in [-0.25, -0.2) is 4.39 Å². The number of pyridine rings is 1. The zero-order valence-corrected chi connectivity index (χ0v) is 16.2. The molecule has 2 nitrogen and oxygen atoms in total. The summed E-state index contributed by atoms with van der Waals surface area (Å²) in [6.07, 6.45) is 3.03. The minimum atomic E-state index is -0.274. The minimum Gasteiger partial charge on any atom is -0.342 e. The molecule has 4 aromatic rings. The van der Waals surface area contributed by atoms with Crippen molar-refractivity contribution in [2.75, 3.05) is 0 Å². The Morgan fingerprint density at radius 3 is 2.54 bits per heavy atom. The summed E-state index contributed by atoms with van der Waals surface area (Å²) in [5.74, 6) is 6.10. The van der Waals surface area contributed by atoms with E-state index in [9.17, 15) is 9.18 Å². The summed E-state index contributed by atoms with van der Waals surface area (Å²) in [6.45, 7) is 0. The van der Waals surface area contributed by atoms with Crippen molar-refractivity contribution in [2.45, 2.75) is 12.8 Å². The van der Waals surface area contributed by atoms with Crippen LogP contribution in [0.25, 0.3) is 10.2 Å². The number of aryl methyl sites for hydroxylation is 1. The molecule has 0 aliphatic carbocycles. The molecule has 2 aromatic heterocycles. The fourth-order valence-electron chi connectivity index (χ4n) is 3.17. The third kappa shape index (κ3) is 3.90. The maximum Gasteiger partial charge on any atom is 0.193 e. The third-order valence-corrected chi connectivity index (χ3v) is 5.71. The Morgan fingerprint density at radius 2 is 1.79 bits per heavy atom. The van der Waals surface area contributed by atoms with E-state index >= 15 is 0 Å². The van der Waals surface area contributed by atoms with Gasteiger partial charge in [-0.3, -0.25) is 4.79 Å². The summed E-state index contributed by atoms with van der Waals surface area (Å²) in [5.41, 5.74) is 2.80. The Morgan fingerprint density at radius 1 is 1.04 bits per heavy atom. The van der Waals surface area contributed by atoms with Crippen LogP contribution in [0.1, 0.15) is 21.6 Å². The van der Waals surface area contributed by atoms with Crippen LogP contribution < -0.4 is 5.43 Å². The summed E-state index contributed by atoms with van der Waals surface area (Å²) in [7, 11) is 1.94. The molecule has 4 heteroatoms. The van der Waals surface area contributed by atoms with Crippen molar-refractivity contribution in [3.8, 4) is 11.8 Å². The highest BCUT2D eigenvalue weighted by molar-refractivity contribution is 7.19. The van der Waals surface area contributed by atoms with E-state index in [0.29, 0.717) is 23.8 Å². The quantitative estimate of drug-likeness (QED) is 0.457. The second-order valence-electron chi connectivity index (χ2n) is 6.69. The summed E-state index contributed by atoms with van der Waals surface area (Å²) in [5, 5.41) is 0.691. The molecule has 0 unspecified atom stereocenters. The van der Waals surface area contributed by atoms with E-state index in [4.69, 9.17) is 0 Å². The predicted octanol–water partition coefficient (Wildman–Crippen LogP) is 4.92. The number of rotatable bonds is 3. The normalized spacial score (nSPS) is 10.6. The molecule has 0 aliphatic rings. The first kappa shape index (κ1) is 18.2. The van der Waals surface area contributed by atoms with Gasteiger partial charge in [0.2, 0.25) is 0 Å². The lowest BCUT2D eigenvalue weighted by molar-refractivity contribution is 0.627. The van der Waals surface area contributed by atoms with Gasteiger partial charge in [0, 0.05) is 31.6 Å². The van der Waals surface area contributed by atoms with Crippen molar-refractivity contribution in [3.63, 3.8) is 0 Å². The largest absolute Gasteiger partial charge is 0.342 e. The number of hydrogen-bond donors (Lipinski definition) is 0. The molecule has 0 atom stereocenters. The Bertz CT molecular complexity index is 1240. The van der Waals surface area contributed by atoms with Crippen LogP contribution in [0.5, 0.6) is 0 Å². The zero-order chi connectivity index (χ0) is 19.5. The maximum absolute atomic E-state index is 13.1. The van der Waals surface area contributed by atoms with Crippen LogP contribution in [0.3, 0.4) is 0 Å². The average Bonchev–Trinajstić information content (AvgIpc) is 3.14. The average molecular weight is 387 g/mol. The van der Waals surface area contributed by atoms with Crippen LogP contribution in [0.2, 0.25) is 0 Å². The molecule has 0 N–H and O–H groups in total. The topological polar surface area (TPSA) is 22.0 Å². The molecule has 0 amide bonds. The van der Waals surface area contributed by atoms with Crippen LogP contribution in [0.4, 0.5) is 4.39 Å². The first-order valence-corrected chi connectivity index (χ1v) is 9.81. The molecule has 138 valence electrons. The molecule has 2 heterocycles. The van der Waals surface area contributed by atoms with Crippen molar-refractivity contribution in [2.24, 2.45) is 7.05 Å². The molecule has 4 rings (SSSR count). The number of thiophene rings is 1. The molecule has 0 fully saturated rings. The Kier molecular flexibility index (Phi) is 5.10. The summed E-state index contributed by atoms with van der Waals surface area (Å²) >= 11 is 1.53. The van der Waals surface area contributed by atoms with E-state index in [0.717, 1.165) is 15.3 Å². The third-order valence-electron chi connectivity index (χ3n) is 4.57. The molecular formula is C24H18FNOS. The molecule has 28 heavy (non-hydrogen) atoms. The van der Waals surface area contributed by atoms with E-state index in [1.807, 2.05) is 42.1 Å². The van der Waals surface area contributed by atoms with Gasteiger partial charge in [-0.2, -0.15) is 0 Å². The van der Waals surface area contributed by atoms with E-state index in [1.54, 1.807) is 12.1 Å². The Balaban J connectivity index is 1.64. The second kappa shape index (κ2) is 7.84. The molecule has 0 saturated heterocycles. The van der Waals surface area contributed by atoms with E-state index in [1.165, 1.54) is 29.0 Å². The molecule has 2 aromatic carbocycles.